The lowest BCUT2D eigenvalue weighted by Crippen LogP contribution is -2.10. The third kappa shape index (κ3) is 4.35. The molecule has 2 heteroatoms. The summed E-state index contributed by atoms with van der Waals surface area (Å²) in [6, 6.07) is 62.7. The third-order valence-electron chi connectivity index (χ3n) is 9.04. The zero-order chi connectivity index (χ0) is 30.5. The fourth-order valence-electron chi connectivity index (χ4n) is 6.87. The van der Waals surface area contributed by atoms with Crippen LogP contribution in [0.25, 0.3) is 65.7 Å². The van der Waals surface area contributed by atoms with Gasteiger partial charge in [0.15, 0.2) is 0 Å². The van der Waals surface area contributed by atoms with Crippen LogP contribution in [0.3, 0.4) is 0 Å². The second-order valence-electron chi connectivity index (χ2n) is 11.7. The molecule has 46 heavy (non-hydrogen) atoms. The largest absolute Gasteiger partial charge is 0.455 e. The molecule has 0 unspecified atom stereocenters. The van der Waals surface area contributed by atoms with Gasteiger partial charge in [0.2, 0.25) is 0 Å². The Kier molecular flexibility index (Phi) is 6.17. The van der Waals surface area contributed by atoms with Gasteiger partial charge in [-0.05, 0) is 75.5 Å². The van der Waals surface area contributed by atoms with Crippen LogP contribution in [0.5, 0.6) is 0 Å². The predicted octanol–water partition coefficient (Wildman–Crippen LogP) is 12.7. The lowest BCUT2D eigenvalue weighted by Gasteiger charge is -2.27. The zero-order valence-corrected chi connectivity index (χ0v) is 25.1. The molecule has 0 saturated heterocycles. The van der Waals surface area contributed by atoms with Gasteiger partial charge in [-0.1, -0.05) is 133 Å². The molecule has 8 aromatic carbocycles. The molecular weight excluding hydrogens is 558 g/mol. The fourth-order valence-corrected chi connectivity index (χ4v) is 6.87. The van der Waals surface area contributed by atoms with Crippen molar-refractivity contribution in [3.05, 3.63) is 176 Å². The molecule has 216 valence electrons. The van der Waals surface area contributed by atoms with Crippen LogP contribution in [-0.2, 0) is 0 Å². The molecule has 0 amide bonds. The van der Waals surface area contributed by atoms with Crippen molar-refractivity contribution < 1.29 is 4.42 Å². The number of hydrogen-bond donors (Lipinski definition) is 0. The number of furan rings is 1. The first-order valence-electron chi connectivity index (χ1n) is 15.7. The van der Waals surface area contributed by atoms with Gasteiger partial charge in [0.05, 0.1) is 5.69 Å². The van der Waals surface area contributed by atoms with Gasteiger partial charge in [-0.3, -0.25) is 0 Å². The molecule has 0 N–H and O–H groups in total. The van der Waals surface area contributed by atoms with Crippen LogP contribution in [0, 0.1) is 0 Å². The Hall–Kier alpha value is -6.12. The summed E-state index contributed by atoms with van der Waals surface area (Å²) in [6.07, 6.45) is 0. The molecule has 9 aromatic rings. The van der Waals surface area contributed by atoms with Gasteiger partial charge in [0, 0.05) is 32.9 Å². The van der Waals surface area contributed by atoms with E-state index < -0.39 is 0 Å². The molecule has 0 bridgehead atoms. The average Bonchev–Trinajstić information content (AvgIpc) is 3.52. The minimum absolute atomic E-state index is 0.906. The number of rotatable bonds is 5. The van der Waals surface area contributed by atoms with Gasteiger partial charge in [0.1, 0.15) is 11.2 Å². The number of anilines is 3. The topological polar surface area (TPSA) is 16.4 Å². The van der Waals surface area contributed by atoms with Gasteiger partial charge in [-0.15, -0.1) is 0 Å². The second-order valence-corrected chi connectivity index (χ2v) is 11.7. The van der Waals surface area contributed by atoms with E-state index in [1.54, 1.807) is 0 Å². The highest BCUT2D eigenvalue weighted by molar-refractivity contribution is 6.19. The summed E-state index contributed by atoms with van der Waals surface area (Å²) in [4.78, 5) is 2.37. The lowest BCUT2D eigenvalue weighted by molar-refractivity contribution is 0.673. The lowest BCUT2D eigenvalue weighted by atomic mass is 9.97. The molecule has 0 aliphatic heterocycles. The molecule has 0 atom stereocenters. The van der Waals surface area contributed by atoms with Crippen molar-refractivity contribution >= 4 is 60.5 Å². The SMILES string of the molecule is c1ccc(-c2cccc(N(c3ccc(-c4cccc5oc6c7ccccc7ccc6c45)cc3)c3cccc4ccccc34)c2)cc1. The molecule has 1 heterocycles. The normalized spacial score (nSPS) is 11.5. The molecule has 9 rings (SSSR count). The monoisotopic (exact) mass is 587 g/mol. The van der Waals surface area contributed by atoms with Crippen molar-refractivity contribution in [2.24, 2.45) is 0 Å². The Morgan fingerprint density at radius 3 is 1.91 bits per heavy atom. The Balaban J connectivity index is 1.20. The van der Waals surface area contributed by atoms with E-state index in [-0.39, 0.29) is 0 Å². The fraction of sp³-hybridized carbons (Fsp3) is 0. The maximum atomic E-state index is 6.49. The quantitative estimate of drug-likeness (QED) is 0.199. The van der Waals surface area contributed by atoms with Crippen molar-refractivity contribution in [2.75, 3.05) is 4.90 Å². The molecular formula is C44H29NO. The maximum Gasteiger partial charge on any atom is 0.143 e. The average molecular weight is 588 g/mol. The van der Waals surface area contributed by atoms with Crippen LogP contribution in [0.1, 0.15) is 0 Å². The minimum atomic E-state index is 0.906. The molecule has 0 saturated carbocycles. The van der Waals surface area contributed by atoms with Crippen LogP contribution >= 0.6 is 0 Å². The first-order valence-corrected chi connectivity index (χ1v) is 15.7. The minimum Gasteiger partial charge on any atom is -0.455 e. The van der Waals surface area contributed by atoms with Crippen molar-refractivity contribution in [3.8, 4) is 22.3 Å². The molecule has 0 radical (unpaired) electrons. The highest BCUT2D eigenvalue weighted by Gasteiger charge is 2.18. The Morgan fingerprint density at radius 2 is 1.07 bits per heavy atom. The van der Waals surface area contributed by atoms with E-state index in [0.717, 1.165) is 50.0 Å². The molecule has 0 spiro atoms. The van der Waals surface area contributed by atoms with Gasteiger partial charge in [0.25, 0.3) is 0 Å². The Morgan fingerprint density at radius 1 is 0.391 bits per heavy atom. The highest BCUT2D eigenvalue weighted by atomic mass is 16.3. The van der Waals surface area contributed by atoms with E-state index >= 15 is 0 Å². The molecule has 2 nitrogen and oxygen atoms in total. The molecule has 0 aliphatic carbocycles. The van der Waals surface area contributed by atoms with E-state index in [2.05, 4.69) is 181 Å². The van der Waals surface area contributed by atoms with E-state index in [9.17, 15) is 0 Å². The van der Waals surface area contributed by atoms with Crippen LogP contribution in [0.2, 0.25) is 0 Å². The summed E-state index contributed by atoms with van der Waals surface area (Å²) < 4.78 is 6.49. The first kappa shape index (κ1) is 26.3. The summed E-state index contributed by atoms with van der Waals surface area (Å²) in [5.41, 5.74) is 9.91. The summed E-state index contributed by atoms with van der Waals surface area (Å²) in [5, 5.41) is 7.04. The number of fused-ring (bicyclic) bond motifs is 6. The van der Waals surface area contributed by atoms with Gasteiger partial charge in [-0.25, -0.2) is 0 Å². The number of nitrogens with zero attached hydrogens (tertiary/aromatic N) is 1. The van der Waals surface area contributed by atoms with E-state index in [4.69, 9.17) is 4.42 Å². The van der Waals surface area contributed by atoms with Crippen molar-refractivity contribution in [1.82, 2.24) is 0 Å². The van der Waals surface area contributed by atoms with Crippen molar-refractivity contribution in [3.63, 3.8) is 0 Å². The van der Waals surface area contributed by atoms with Gasteiger partial charge >= 0.3 is 0 Å². The van der Waals surface area contributed by atoms with Crippen LogP contribution in [-0.4, -0.2) is 0 Å². The maximum absolute atomic E-state index is 6.49. The van der Waals surface area contributed by atoms with Crippen LogP contribution in [0.15, 0.2) is 180 Å². The van der Waals surface area contributed by atoms with Gasteiger partial charge in [-0.2, -0.15) is 0 Å². The predicted molar refractivity (Wildman–Crippen MR) is 194 cm³/mol. The molecule has 0 aliphatic rings. The number of benzene rings is 8. The van der Waals surface area contributed by atoms with Gasteiger partial charge < -0.3 is 9.32 Å². The first-order chi connectivity index (χ1) is 22.8. The Labute approximate surface area is 267 Å². The van der Waals surface area contributed by atoms with E-state index in [1.165, 1.54) is 32.8 Å². The zero-order valence-electron chi connectivity index (χ0n) is 25.1. The van der Waals surface area contributed by atoms with Crippen LogP contribution < -0.4 is 4.90 Å². The summed E-state index contributed by atoms with van der Waals surface area (Å²) >= 11 is 0. The highest BCUT2D eigenvalue weighted by Crippen LogP contribution is 2.43. The summed E-state index contributed by atoms with van der Waals surface area (Å²) in [7, 11) is 0. The third-order valence-corrected chi connectivity index (χ3v) is 9.04. The summed E-state index contributed by atoms with van der Waals surface area (Å²) in [6.45, 7) is 0. The van der Waals surface area contributed by atoms with Crippen LogP contribution in [0.4, 0.5) is 17.1 Å². The molecule has 1 aromatic heterocycles. The summed E-state index contributed by atoms with van der Waals surface area (Å²) in [5.74, 6) is 0. The standard InChI is InChI=1S/C44H29NO/c1-2-11-30(12-3-1)34-16-8-17-36(29-34)45(41-21-9-15-31-13-4-6-18-37(31)41)35-26-23-33(24-27-35)38-20-10-22-42-43(38)40-28-25-32-14-5-7-19-39(32)44(40)46-42/h1-29H. The molecule has 0 fully saturated rings. The van der Waals surface area contributed by atoms with Crippen molar-refractivity contribution in [1.29, 1.82) is 0 Å². The van der Waals surface area contributed by atoms with Crippen molar-refractivity contribution in [2.45, 2.75) is 0 Å². The van der Waals surface area contributed by atoms with E-state index in [0.29, 0.717) is 0 Å². The number of hydrogen-bond acceptors (Lipinski definition) is 2. The second kappa shape index (κ2) is 10.8. The van der Waals surface area contributed by atoms with E-state index in [1.807, 2.05) is 0 Å². The smallest absolute Gasteiger partial charge is 0.143 e. The Bertz CT molecular complexity index is 2520.